The minimum Gasteiger partial charge on any atom is -0.507 e. The van der Waals surface area contributed by atoms with Crippen molar-refractivity contribution >= 4 is 5.78 Å². The zero-order valence-electron chi connectivity index (χ0n) is 11.6. The van der Waals surface area contributed by atoms with Crippen LogP contribution in [0.1, 0.15) is 27.0 Å². The lowest BCUT2D eigenvalue weighted by atomic mass is 9.96. The van der Waals surface area contributed by atoms with Crippen LogP contribution in [-0.2, 0) is 13.1 Å². The van der Waals surface area contributed by atoms with Crippen LogP contribution in [0.25, 0.3) is 0 Å². The van der Waals surface area contributed by atoms with Gasteiger partial charge in [-0.25, -0.2) is 0 Å². The zero-order chi connectivity index (χ0) is 16.4. The third-order valence-electron chi connectivity index (χ3n) is 3.41. The molecular weight excluding hydrogens is 288 g/mol. The van der Waals surface area contributed by atoms with Gasteiger partial charge in [-0.1, -0.05) is 0 Å². The van der Waals surface area contributed by atoms with E-state index >= 15 is 0 Å². The monoisotopic (exact) mass is 304 g/mol. The third-order valence-corrected chi connectivity index (χ3v) is 3.41. The lowest BCUT2D eigenvalue weighted by Gasteiger charge is -2.12. The molecule has 0 aliphatic rings. The van der Waals surface area contributed by atoms with Crippen LogP contribution in [0.2, 0.25) is 0 Å². The molecule has 0 radical (unpaired) electrons. The van der Waals surface area contributed by atoms with Crippen molar-refractivity contribution in [2.45, 2.75) is 13.1 Å². The van der Waals surface area contributed by atoms with Crippen LogP contribution in [0.15, 0.2) is 24.3 Å². The van der Waals surface area contributed by atoms with E-state index in [1.807, 2.05) is 0 Å². The van der Waals surface area contributed by atoms with Crippen molar-refractivity contribution in [3.05, 3.63) is 46.5 Å². The summed E-state index contributed by atoms with van der Waals surface area (Å²) in [5.74, 6) is -2.04. The molecule has 0 heterocycles. The molecule has 7 heteroatoms. The van der Waals surface area contributed by atoms with Crippen LogP contribution in [0.4, 0.5) is 0 Å². The standard InChI is InChI=1S/C15H16N2O5/c16-5-9-11(18)3-1-7(14(9)21)13(20)8-2-4-12(19)10(6-17)15(8)22/h1-4,18-19,21-22H,5-6,16-17H2. The largest absolute Gasteiger partial charge is 0.507 e. The van der Waals surface area contributed by atoms with E-state index < -0.39 is 17.3 Å². The van der Waals surface area contributed by atoms with Gasteiger partial charge in [-0.2, -0.15) is 0 Å². The van der Waals surface area contributed by atoms with Gasteiger partial charge in [-0.3, -0.25) is 4.79 Å². The van der Waals surface area contributed by atoms with Crippen LogP contribution in [-0.4, -0.2) is 26.2 Å². The second-order valence-electron chi connectivity index (χ2n) is 4.66. The third kappa shape index (κ3) is 2.43. The van der Waals surface area contributed by atoms with E-state index in [0.717, 1.165) is 0 Å². The second-order valence-corrected chi connectivity index (χ2v) is 4.66. The van der Waals surface area contributed by atoms with Gasteiger partial charge in [-0.15, -0.1) is 0 Å². The van der Waals surface area contributed by atoms with E-state index in [9.17, 15) is 25.2 Å². The van der Waals surface area contributed by atoms with E-state index in [0.29, 0.717) is 0 Å². The highest BCUT2D eigenvalue weighted by molar-refractivity contribution is 6.12. The average molecular weight is 304 g/mol. The minimum absolute atomic E-state index is 0.0307. The van der Waals surface area contributed by atoms with Crippen LogP contribution < -0.4 is 11.5 Å². The highest BCUT2D eigenvalue weighted by Crippen LogP contribution is 2.35. The van der Waals surface area contributed by atoms with Gasteiger partial charge in [-0.05, 0) is 24.3 Å². The Kier molecular flexibility index (Phi) is 4.20. The zero-order valence-corrected chi connectivity index (χ0v) is 11.6. The molecule has 0 spiro atoms. The number of phenolic OH excluding ortho intramolecular Hbond substituents is 4. The highest BCUT2D eigenvalue weighted by atomic mass is 16.3. The number of nitrogens with two attached hydrogens (primary N) is 2. The van der Waals surface area contributed by atoms with E-state index in [1.54, 1.807) is 0 Å². The van der Waals surface area contributed by atoms with E-state index in [4.69, 9.17) is 11.5 Å². The molecule has 0 amide bonds. The molecule has 0 saturated heterocycles. The summed E-state index contributed by atoms with van der Waals surface area (Å²) in [6, 6.07) is 4.91. The number of hydrogen-bond donors (Lipinski definition) is 6. The Morgan fingerprint density at radius 3 is 1.45 bits per heavy atom. The predicted octanol–water partition coefficient (Wildman–Crippen LogP) is 0.657. The summed E-state index contributed by atoms with van der Waals surface area (Å²) < 4.78 is 0. The fourth-order valence-corrected chi connectivity index (χ4v) is 2.17. The molecule has 0 fully saturated rings. The molecule has 0 saturated carbocycles. The van der Waals surface area contributed by atoms with Crippen molar-refractivity contribution in [1.82, 2.24) is 0 Å². The number of rotatable bonds is 4. The number of phenols is 4. The maximum absolute atomic E-state index is 12.5. The number of carbonyl (C=O) groups excluding carboxylic acids is 1. The lowest BCUT2D eigenvalue weighted by molar-refractivity contribution is 0.103. The Bertz CT molecular complexity index is 682. The maximum atomic E-state index is 12.5. The van der Waals surface area contributed by atoms with Gasteiger partial charge in [0.25, 0.3) is 0 Å². The second kappa shape index (κ2) is 5.92. The molecule has 0 bridgehead atoms. The quantitative estimate of drug-likeness (QED) is 0.454. The molecule has 22 heavy (non-hydrogen) atoms. The lowest BCUT2D eigenvalue weighted by Crippen LogP contribution is -2.07. The molecule has 0 unspecified atom stereocenters. The Hall–Kier alpha value is -2.77. The Labute approximate surface area is 126 Å². The summed E-state index contributed by atoms with van der Waals surface area (Å²) in [6.07, 6.45) is 0. The molecule has 0 atom stereocenters. The van der Waals surface area contributed by atoms with Gasteiger partial charge in [0.15, 0.2) is 5.78 Å². The summed E-state index contributed by atoms with van der Waals surface area (Å²) in [7, 11) is 0. The topological polar surface area (TPSA) is 150 Å². The first-order chi connectivity index (χ1) is 10.4. The van der Waals surface area contributed by atoms with Gasteiger partial charge in [0.05, 0.1) is 11.1 Å². The highest BCUT2D eigenvalue weighted by Gasteiger charge is 2.22. The first-order valence-corrected chi connectivity index (χ1v) is 6.44. The van der Waals surface area contributed by atoms with E-state index in [-0.39, 0.29) is 46.8 Å². The van der Waals surface area contributed by atoms with Crippen LogP contribution in [0.5, 0.6) is 23.0 Å². The van der Waals surface area contributed by atoms with Crippen LogP contribution in [0, 0.1) is 0 Å². The first-order valence-electron chi connectivity index (χ1n) is 6.44. The number of benzene rings is 2. The molecular formula is C15H16N2O5. The van der Waals surface area contributed by atoms with Crippen LogP contribution in [0.3, 0.4) is 0 Å². The molecule has 7 nitrogen and oxygen atoms in total. The summed E-state index contributed by atoms with van der Waals surface area (Å²) in [4.78, 5) is 12.5. The maximum Gasteiger partial charge on any atom is 0.200 e. The summed E-state index contributed by atoms with van der Waals surface area (Å²) >= 11 is 0. The van der Waals surface area contributed by atoms with E-state index in [1.165, 1.54) is 24.3 Å². The Balaban J connectivity index is 2.59. The van der Waals surface area contributed by atoms with Gasteiger partial charge in [0.2, 0.25) is 0 Å². The molecule has 116 valence electrons. The minimum atomic E-state index is -0.681. The van der Waals surface area contributed by atoms with Crippen molar-refractivity contribution in [1.29, 1.82) is 0 Å². The molecule has 0 aliphatic heterocycles. The number of aromatic hydroxyl groups is 4. The molecule has 0 aliphatic carbocycles. The fraction of sp³-hybridized carbons (Fsp3) is 0.133. The van der Waals surface area contributed by atoms with Crippen molar-refractivity contribution in [3.63, 3.8) is 0 Å². The first kappa shape index (κ1) is 15.6. The van der Waals surface area contributed by atoms with Crippen molar-refractivity contribution in [2.24, 2.45) is 11.5 Å². The van der Waals surface area contributed by atoms with Gasteiger partial charge >= 0.3 is 0 Å². The van der Waals surface area contributed by atoms with Crippen LogP contribution >= 0.6 is 0 Å². The summed E-state index contributed by atoms with van der Waals surface area (Å²) in [5.41, 5.74) is 10.7. The number of carbonyl (C=O) groups is 1. The molecule has 0 aromatic heterocycles. The summed E-state index contributed by atoms with van der Waals surface area (Å²) in [6.45, 7) is -0.317. The number of hydrogen-bond acceptors (Lipinski definition) is 7. The van der Waals surface area contributed by atoms with Crippen molar-refractivity contribution in [2.75, 3.05) is 0 Å². The smallest absolute Gasteiger partial charge is 0.200 e. The summed E-state index contributed by atoms with van der Waals surface area (Å²) in [5, 5.41) is 39.3. The SMILES string of the molecule is NCc1c(O)ccc(C(=O)c2ccc(O)c(CN)c2O)c1O. The van der Waals surface area contributed by atoms with Gasteiger partial charge in [0, 0.05) is 24.2 Å². The molecule has 8 N–H and O–H groups in total. The Morgan fingerprint density at radius 2 is 1.14 bits per heavy atom. The van der Waals surface area contributed by atoms with Crippen molar-refractivity contribution < 1.29 is 25.2 Å². The fourth-order valence-electron chi connectivity index (χ4n) is 2.17. The molecule has 2 rings (SSSR count). The Morgan fingerprint density at radius 1 is 0.773 bits per heavy atom. The van der Waals surface area contributed by atoms with E-state index in [2.05, 4.69) is 0 Å². The number of ketones is 1. The van der Waals surface area contributed by atoms with Gasteiger partial charge in [0.1, 0.15) is 23.0 Å². The average Bonchev–Trinajstić information content (AvgIpc) is 2.48. The molecule has 2 aromatic carbocycles. The van der Waals surface area contributed by atoms with Gasteiger partial charge < -0.3 is 31.9 Å². The predicted molar refractivity (Wildman–Crippen MR) is 78.8 cm³/mol. The van der Waals surface area contributed by atoms with Crippen molar-refractivity contribution in [3.8, 4) is 23.0 Å². The normalized spacial score (nSPS) is 10.6. The molecule has 2 aromatic rings.